The Morgan fingerprint density at radius 2 is 1.76 bits per heavy atom. The highest BCUT2D eigenvalue weighted by Crippen LogP contribution is 2.31. The van der Waals surface area contributed by atoms with Crippen molar-refractivity contribution in [2.45, 2.75) is 40.0 Å². The summed E-state index contributed by atoms with van der Waals surface area (Å²) in [5.41, 5.74) is 3.50. The van der Waals surface area contributed by atoms with E-state index in [-0.39, 0.29) is 11.2 Å². The maximum atomic E-state index is 13.3. The Morgan fingerprint density at radius 3 is 2.29 bits per heavy atom. The molecule has 1 heterocycles. The highest BCUT2D eigenvalue weighted by Gasteiger charge is 2.22. The molecule has 4 heteroatoms. The second-order valence-electron chi connectivity index (χ2n) is 6.33. The van der Waals surface area contributed by atoms with Gasteiger partial charge >= 0.3 is 0 Å². The number of anilines is 1. The van der Waals surface area contributed by atoms with Crippen molar-refractivity contribution in [3.8, 4) is 11.3 Å². The van der Waals surface area contributed by atoms with Crippen LogP contribution in [0.15, 0.2) is 18.2 Å². The first kappa shape index (κ1) is 15.4. The molecule has 0 aliphatic carbocycles. The average Bonchev–Trinajstić information content (AvgIpc) is 2.38. The minimum absolute atomic E-state index is 0.151. The number of benzene rings is 1. The molecule has 2 aromatic rings. The molecule has 0 unspecified atom stereocenters. The summed E-state index contributed by atoms with van der Waals surface area (Å²) < 4.78 is 13.3. The normalized spacial score (nSPS) is 11.6. The third-order valence-corrected chi connectivity index (χ3v) is 3.50. The van der Waals surface area contributed by atoms with Gasteiger partial charge < -0.3 is 5.32 Å². The van der Waals surface area contributed by atoms with Crippen LogP contribution in [0.1, 0.15) is 37.7 Å². The van der Waals surface area contributed by atoms with Crippen LogP contribution in [0.3, 0.4) is 0 Å². The molecule has 0 spiro atoms. The quantitative estimate of drug-likeness (QED) is 0.897. The molecule has 0 bridgehead atoms. The summed E-state index contributed by atoms with van der Waals surface area (Å²) in [4.78, 5) is 9.34. The minimum Gasteiger partial charge on any atom is -0.373 e. The van der Waals surface area contributed by atoms with Gasteiger partial charge in [-0.3, -0.25) is 0 Å². The van der Waals surface area contributed by atoms with Gasteiger partial charge in [0, 0.05) is 23.6 Å². The number of rotatable bonds is 2. The van der Waals surface area contributed by atoms with E-state index >= 15 is 0 Å². The molecule has 112 valence electrons. The Kier molecular flexibility index (Phi) is 3.99. The van der Waals surface area contributed by atoms with Crippen molar-refractivity contribution in [3.05, 3.63) is 41.0 Å². The molecule has 2 rings (SSSR count). The molecule has 1 aromatic carbocycles. The second-order valence-corrected chi connectivity index (χ2v) is 6.33. The molecule has 0 saturated carbocycles. The standard InChI is InChI=1S/C17H22FN3/c1-10-9-12(18)7-8-13(10)14-11(2)15(19-6)21-16(20-14)17(3,4)5/h7-9H,1-6H3,(H,19,20,21). The number of nitrogens with one attached hydrogen (secondary N) is 1. The third-order valence-electron chi connectivity index (χ3n) is 3.50. The topological polar surface area (TPSA) is 37.8 Å². The number of aryl methyl sites for hydroxylation is 1. The van der Waals surface area contributed by atoms with Crippen LogP contribution in [0.2, 0.25) is 0 Å². The molecule has 21 heavy (non-hydrogen) atoms. The SMILES string of the molecule is CNc1nc(C(C)(C)C)nc(-c2ccc(F)cc2C)c1C. The van der Waals surface area contributed by atoms with Gasteiger partial charge in [0.05, 0.1) is 5.69 Å². The molecule has 3 nitrogen and oxygen atoms in total. The van der Waals surface area contributed by atoms with E-state index in [1.807, 2.05) is 20.9 Å². The van der Waals surface area contributed by atoms with Gasteiger partial charge in [-0.15, -0.1) is 0 Å². The lowest BCUT2D eigenvalue weighted by Crippen LogP contribution is -2.18. The zero-order valence-corrected chi connectivity index (χ0v) is 13.5. The maximum absolute atomic E-state index is 13.3. The van der Waals surface area contributed by atoms with Gasteiger partial charge in [0.15, 0.2) is 0 Å². The highest BCUT2D eigenvalue weighted by molar-refractivity contribution is 5.71. The second kappa shape index (κ2) is 5.43. The van der Waals surface area contributed by atoms with E-state index in [1.54, 1.807) is 6.07 Å². The Hall–Kier alpha value is -1.97. The Balaban J connectivity index is 2.72. The lowest BCUT2D eigenvalue weighted by atomic mass is 9.94. The van der Waals surface area contributed by atoms with Crippen LogP contribution in [0.4, 0.5) is 10.2 Å². The smallest absolute Gasteiger partial charge is 0.136 e. The van der Waals surface area contributed by atoms with Gasteiger partial charge in [-0.25, -0.2) is 14.4 Å². The fourth-order valence-corrected chi connectivity index (χ4v) is 2.25. The van der Waals surface area contributed by atoms with Crippen LogP contribution in [0.5, 0.6) is 0 Å². The predicted octanol–water partition coefficient (Wildman–Crippen LogP) is 4.24. The van der Waals surface area contributed by atoms with E-state index in [0.29, 0.717) is 0 Å². The largest absolute Gasteiger partial charge is 0.373 e. The summed E-state index contributed by atoms with van der Waals surface area (Å²) in [5, 5.41) is 3.12. The summed E-state index contributed by atoms with van der Waals surface area (Å²) in [6.45, 7) is 10.1. The summed E-state index contributed by atoms with van der Waals surface area (Å²) >= 11 is 0. The van der Waals surface area contributed by atoms with Gasteiger partial charge in [-0.05, 0) is 37.6 Å². The molecule has 0 saturated heterocycles. The van der Waals surface area contributed by atoms with Crippen LogP contribution in [-0.4, -0.2) is 17.0 Å². The van der Waals surface area contributed by atoms with Gasteiger partial charge in [-0.1, -0.05) is 20.8 Å². The molecular formula is C17H22FN3. The van der Waals surface area contributed by atoms with Crippen LogP contribution >= 0.6 is 0 Å². The molecule has 0 amide bonds. The van der Waals surface area contributed by atoms with Crippen LogP contribution in [-0.2, 0) is 5.41 Å². The molecule has 1 N–H and O–H groups in total. The molecule has 0 fully saturated rings. The van der Waals surface area contributed by atoms with Crippen LogP contribution in [0, 0.1) is 19.7 Å². The minimum atomic E-state index is -0.229. The van der Waals surface area contributed by atoms with E-state index in [2.05, 4.69) is 31.1 Å². The lowest BCUT2D eigenvalue weighted by Gasteiger charge is -2.21. The van der Waals surface area contributed by atoms with E-state index in [4.69, 9.17) is 4.98 Å². The van der Waals surface area contributed by atoms with Crippen molar-refractivity contribution in [2.24, 2.45) is 0 Å². The zero-order chi connectivity index (χ0) is 15.8. The molecule has 1 aromatic heterocycles. The number of aromatic nitrogens is 2. The van der Waals surface area contributed by atoms with Crippen molar-refractivity contribution < 1.29 is 4.39 Å². The monoisotopic (exact) mass is 287 g/mol. The number of hydrogen-bond acceptors (Lipinski definition) is 3. The van der Waals surface area contributed by atoms with Crippen molar-refractivity contribution in [1.29, 1.82) is 0 Å². The van der Waals surface area contributed by atoms with Gasteiger partial charge in [-0.2, -0.15) is 0 Å². The Labute approximate surface area is 125 Å². The Bertz CT molecular complexity index is 672. The van der Waals surface area contributed by atoms with Gasteiger partial charge in [0.25, 0.3) is 0 Å². The van der Waals surface area contributed by atoms with E-state index in [1.165, 1.54) is 12.1 Å². The van der Waals surface area contributed by atoms with Gasteiger partial charge in [0.1, 0.15) is 17.5 Å². The lowest BCUT2D eigenvalue weighted by molar-refractivity contribution is 0.546. The van der Waals surface area contributed by atoms with Crippen molar-refractivity contribution >= 4 is 5.82 Å². The fourth-order valence-electron chi connectivity index (χ4n) is 2.25. The summed E-state index contributed by atoms with van der Waals surface area (Å²) in [5.74, 6) is 1.36. The summed E-state index contributed by atoms with van der Waals surface area (Å²) in [6.07, 6.45) is 0. The zero-order valence-electron chi connectivity index (χ0n) is 13.5. The maximum Gasteiger partial charge on any atom is 0.136 e. The molecule has 0 radical (unpaired) electrons. The molecule has 0 atom stereocenters. The van der Waals surface area contributed by atoms with E-state index in [0.717, 1.165) is 34.0 Å². The average molecular weight is 287 g/mol. The van der Waals surface area contributed by atoms with E-state index < -0.39 is 0 Å². The Morgan fingerprint density at radius 1 is 1.10 bits per heavy atom. The van der Waals surface area contributed by atoms with Crippen molar-refractivity contribution in [3.63, 3.8) is 0 Å². The highest BCUT2D eigenvalue weighted by atomic mass is 19.1. The first-order chi connectivity index (χ1) is 9.74. The fraction of sp³-hybridized carbons (Fsp3) is 0.412. The van der Waals surface area contributed by atoms with Crippen molar-refractivity contribution in [2.75, 3.05) is 12.4 Å². The summed E-state index contributed by atoms with van der Waals surface area (Å²) in [7, 11) is 1.85. The predicted molar refractivity (Wildman–Crippen MR) is 85.1 cm³/mol. The molecule has 0 aliphatic rings. The number of halogens is 1. The molecular weight excluding hydrogens is 265 g/mol. The number of nitrogens with zero attached hydrogens (tertiary/aromatic N) is 2. The number of hydrogen-bond donors (Lipinski definition) is 1. The molecule has 0 aliphatic heterocycles. The third kappa shape index (κ3) is 3.04. The van der Waals surface area contributed by atoms with E-state index in [9.17, 15) is 4.39 Å². The first-order valence-electron chi connectivity index (χ1n) is 7.07. The summed E-state index contributed by atoms with van der Waals surface area (Å²) in [6, 6.07) is 4.79. The van der Waals surface area contributed by atoms with Crippen LogP contribution in [0.25, 0.3) is 11.3 Å². The van der Waals surface area contributed by atoms with Gasteiger partial charge in [0.2, 0.25) is 0 Å². The van der Waals surface area contributed by atoms with Crippen molar-refractivity contribution in [1.82, 2.24) is 9.97 Å². The van der Waals surface area contributed by atoms with Crippen LogP contribution < -0.4 is 5.32 Å². The first-order valence-corrected chi connectivity index (χ1v) is 7.07.